The van der Waals surface area contributed by atoms with E-state index in [1.807, 2.05) is 22.9 Å². The number of aryl methyl sites for hydroxylation is 4. The van der Waals surface area contributed by atoms with Crippen molar-refractivity contribution in [1.82, 2.24) is 15.1 Å². The highest BCUT2D eigenvalue weighted by molar-refractivity contribution is 5.38. The van der Waals surface area contributed by atoms with E-state index in [1.54, 1.807) is 0 Å². The molecule has 0 saturated carbocycles. The molecule has 130 valence electrons. The maximum Gasteiger partial charge on any atom is 0.0648 e. The summed E-state index contributed by atoms with van der Waals surface area (Å²) in [5, 5.41) is 8.32. The van der Waals surface area contributed by atoms with Crippen LogP contribution in [0.15, 0.2) is 42.5 Å². The molecule has 1 heterocycles. The molecule has 3 rings (SSSR count). The molecule has 0 aliphatic carbocycles. The Kier molecular flexibility index (Phi) is 5.05. The van der Waals surface area contributed by atoms with Crippen LogP contribution < -0.4 is 5.32 Å². The second-order valence-corrected chi connectivity index (χ2v) is 6.86. The molecule has 1 N–H and O–H groups in total. The molecule has 0 saturated heterocycles. The minimum Gasteiger partial charge on any atom is -0.308 e. The lowest BCUT2D eigenvalue weighted by Crippen LogP contribution is -2.15. The van der Waals surface area contributed by atoms with Gasteiger partial charge in [0.25, 0.3) is 0 Å². The molecule has 0 amide bonds. The van der Waals surface area contributed by atoms with Gasteiger partial charge in [0, 0.05) is 24.3 Å². The molecule has 0 aliphatic heterocycles. The van der Waals surface area contributed by atoms with Crippen LogP contribution in [0.3, 0.4) is 0 Å². The van der Waals surface area contributed by atoms with Gasteiger partial charge in [-0.3, -0.25) is 0 Å². The summed E-state index contributed by atoms with van der Waals surface area (Å²) < 4.78 is 2.04. The Morgan fingerprint density at radius 1 is 0.840 bits per heavy atom. The number of benzene rings is 2. The second kappa shape index (κ2) is 7.24. The van der Waals surface area contributed by atoms with Gasteiger partial charge in [-0.1, -0.05) is 30.3 Å². The lowest BCUT2D eigenvalue weighted by molar-refractivity contribution is 0.684. The molecule has 3 nitrogen and oxygen atoms in total. The molecule has 3 heteroatoms. The van der Waals surface area contributed by atoms with Crippen molar-refractivity contribution in [3.05, 3.63) is 81.7 Å². The molecular formula is C22H27N3. The predicted octanol–water partition coefficient (Wildman–Crippen LogP) is 4.70. The van der Waals surface area contributed by atoms with Crippen molar-refractivity contribution in [2.45, 2.75) is 47.7 Å². The number of aromatic nitrogens is 2. The van der Waals surface area contributed by atoms with Crippen molar-refractivity contribution in [2.75, 3.05) is 0 Å². The normalized spacial score (nSPS) is 11.1. The van der Waals surface area contributed by atoms with Crippen molar-refractivity contribution >= 4 is 0 Å². The van der Waals surface area contributed by atoms with Crippen molar-refractivity contribution in [2.24, 2.45) is 0 Å². The number of hydrogen-bond acceptors (Lipinski definition) is 2. The van der Waals surface area contributed by atoms with Crippen LogP contribution in [0.25, 0.3) is 5.69 Å². The number of nitrogens with zero attached hydrogens (tertiary/aromatic N) is 2. The number of nitrogens with one attached hydrogen (secondary N) is 1. The summed E-state index contributed by atoms with van der Waals surface area (Å²) in [6.45, 7) is 12.5. The molecule has 2 aromatic carbocycles. The summed E-state index contributed by atoms with van der Waals surface area (Å²) in [5.41, 5.74) is 10.1. The van der Waals surface area contributed by atoms with Crippen LogP contribution in [0.1, 0.15) is 39.2 Å². The van der Waals surface area contributed by atoms with E-state index in [9.17, 15) is 0 Å². The Morgan fingerprint density at radius 3 is 2.24 bits per heavy atom. The number of hydrogen-bond donors (Lipinski definition) is 1. The predicted molar refractivity (Wildman–Crippen MR) is 104 cm³/mol. The fourth-order valence-corrected chi connectivity index (χ4v) is 3.28. The van der Waals surface area contributed by atoms with E-state index in [1.165, 1.54) is 33.5 Å². The summed E-state index contributed by atoms with van der Waals surface area (Å²) in [5.74, 6) is 0. The highest BCUT2D eigenvalue weighted by atomic mass is 15.3. The second-order valence-electron chi connectivity index (χ2n) is 6.86. The van der Waals surface area contributed by atoms with Gasteiger partial charge in [0.2, 0.25) is 0 Å². The minimum atomic E-state index is 0.830. The number of rotatable bonds is 5. The highest BCUT2D eigenvalue weighted by Crippen LogP contribution is 2.19. The molecule has 25 heavy (non-hydrogen) atoms. The first-order valence-electron chi connectivity index (χ1n) is 8.85. The monoisotopic (exact) mass is 333 g/mol. The smallest absolute Gasteiger partial charge is 0.0648 e. The van der Waals surface area contributed by atoms with Gasteiger partial charge in [-0.15, -0.1) is 0 Å². The minimum absolute atomic E-state index is 0.830. The molecule has 0 spiro atoms. The summed E-state index contributed by atoms with van der Waals surface area (Å²) in [6.07, 6.45) is 0. The highest BCUT2D eigenvalue weighted by Gasteiger charge is 2.12. The van der Waals surface area contributed by atoms with Crippen LogP contribution in [0, 0.1) is 34.6 Å². The van der Waals surface area contributed by atoms with Crippen LogP contribution in [0.4, 0.5) is 0 Å². The quantitative estimate of drug-likeness (QED) is 0.733. The van der Waals surface area contributed by atoms with Crippen LogP contribution in [-0.4, -0.2) is 9.78 Å². The molecule has 3 aromatic rings. The Balaban J connectivity index is 1.74. The van der Waals surface area contributed by atoms with Crippen LogP contribution in [0.5, 0.6) is 0 Å². The van der Waals surface area contributed by atoms with Gasteiger partial charge in [0.1, 0.15) is 0 Å². The molecule has 1 aromatic heterocycles. The van der Waals surface area contributed by atoms with Crippen molar-refractivity contribution < 1.29 is 0 Å². The van der Waals surface area contributed by atoms with Gasteiger partial charge in [-0.2, -0.15) is 5.10 Å². The van der Waals surface area contributed by atoms with Crippen LogP contribution >= 0.6 is 0 Å². The van der Waals surface area contributed by atoms with Gasteiger partial charge >= 0.3 is 0 Å². The average Bonchev–Trinajstić information content (AvgIpc) is 2.88. The van der Waals surface area contributed by atoms with E-state index in [4.69, 9.17) is 5.10 Å². The topological polar surface area (TPSA) is 29.9 Å². The molecule has 0 radical (unpaired) electrons. The van der Waals surface area contributed by atoms with E-state index in [2.05, 4.69) is 64.2 Å². The molecule has 0 aliphatic rings. The van der Waals surface area contributed by atoms with Crippen LogP contribution in [-0.2, 0) is 13.1 Å². The third-order valence-corrected chi connectivity index (χ3v) is 5.01. The zero-order chi connectivity index (χ0) is 18.0. The molecular weight excluding hydrogens is 306 g/mol. The van der Waals surface area contributed by atoms with E-state index in [0.29, 0.717) is 0 Å². The van der Waals surface area contributed by atoms with E-state index in [-0.39, 0.29) is 0 Å². The standard InChI is InChI=1S/C22H27N3/c1-15-11-17(3)20(12-16(15)2)13-23-14-22-18(4)24-25(19(22)5)21-9-7-6-8-10-21/h6-12,23H,13-14H2,1-5H3. The van der Waals surface area contributed by atoms with Gasteiger partial charge < -0.3 is 5.32 Å². The van der Waals surface area contributed by atoms with Crippen molar-refractivity contribution in [1.29, 1.82) is 0 Å². The maximum absolute atomic E-state index is 4.73. The largest absolute Gasteiger partial charge is 0.308 e. The summed E-state index contributed by atoms with van der Waals surface area (Å²) in [7, 11) is 0. The molecule has 0 bridgehead atoms. The van der Waals surface area contributed by atoms with Crippen molar-refractivity contribution in [3.8, 4) is 5.69 Å². The van der Waals surface area contributed by atoms with E-state index in [0.717, 1.165) is 24.5 Å². The van der Waals surface area contributed by atoms with Gasteiger partial charge in [0.05, 0.1) is 11.4 Å². The fraction of sp³-hybridized carbons (Fsp3) is 0.318. The lowest BCUT2D eigenvalue weighted by Gasteiger charge is -2.11. The molecule has 0 fully saturated rings. The zero-order valence-corrected chi connectivity index (χ0v) is 15.9. The van der Waals surface area contributed by atoms with Gasteiger partial charge in [-0.25, -0.2) is 4.68 Å². The third kappa shape index (κ3) is 3.67. The first kappa shape index (κ1) is 17.4. The van der Waals surface area contributed by atoms with Gasteiger partial charge in [-0.05, 0) is 69.0 Å². The van der Waals surface area contributed by atoms with Gasteiger partial charge in [0.15, 0.2) is 0 Å². The Morgan fingerprint density at radius 2 is 1.52 bits per heavy atom. The van der Waals surface area contributed by atoms with Crippen molar-refractivity contribution in [3.63, 3.8) is 0 Å². The summed E-state index contributed by atoms with van der Waals surface area (Å²) in [4.78, 5) is 0. The Labute approximate surface area is 150 Å². The maximum atomic E-state index is 4.73. The zero-order valence-electron chi connectivity index (χ0n) is 15.9. The fourth-order valence-electron chi connectivity index (χ4n) is 3.28. The first-order chi connectivity index (χ1) is 12.0. The molecule has 0 atom stereocenters. The van der Waals surface area contributed by atoms with E-state index >= 15 is 0 Å². The Hall–Kier alpha value is -2.39. The molecule has 0 unspecified atom stereocenters. The lowest BCUT2D eigenvalue weighted by atomic mass is 10.0. The van der Waals surface area contributed by atoms with Crippen LogP contribution in [0.2, 0.25) is 0 Å². The van der Waals surface area contributed by atoms with E-state index < -0.39 is 0 Å². The Bertz CT molecular complexity index is 876. The summed E-state index contributed by atoms with van der Waals surface area (Å²) in [6, 6.07) is 14.9. The number of para-hydroxylation sites is 1. The first-order valence-corrected chi connectivity index (χ1v) is 8.85. The third-order valence-electron chi connectivity index (χ3n) is 5.01. The SMILES string of the molecule is Cc1cc(C)c(CNCc2c(C)nn(-c3ccccc3)c2C)cc1C. The summed E-state index contributed by atoms with van der Waals surface area (Å²) >= 11 is 0. The average molecular weight is 333 g/mol.